The second-order valence-electron chi connectivity index (χ2n) is 7.01. The van der Waals surface area contributed by atoms with Gasteiger partial charge in [0.05, 0.1) is 0 Å². The lowest BCUT2D eigenvalue weighted by atomic mass is 9.97. The van der Waals surface area contributed by atoms with Crippen LogP contribution in [0.2, 0.25) is 0 Å². The van der Waals surface area contributed by atoms with Gasteiger partial charge in [-0.25, -0.2) is 4.98 Å². The minimum Gasteiger partial charge on any atom is -0.396 e. The fraction of sp³-hybridized carbons (Fsp3) is 0.579. The van der Waals surface area contributed by atoms with E-state index in [0.717, 1.165) is 45.4 Å². The maximum absolute atomic E-state index is 9.25. The topological polar surface area (TPSA) is 66.2 Å². The Hall–Kier alpha value is -1.92. The molecule has 136 valence electrons. The maximum Gasteiger partial charge on any atom is 0.137 e. The number of aliphatic hydroxyl groups is 1. The summed E-state index contributed by atoms with van der Waals surface area (Å²) < 4.78 is 1.87. The van der Waals surface area contributed by atoms with Crippen LogP contribution in [0, 0.1) is 5.92 Å². The van der Waals surface area contributed by atoms with Gasteiger partial charge in [-0.1, -0.05) is 12.1 Å². The highest BCUT2D eigenvalue weighted by Gasteiger charge is 2.18. The highest BCUT2D eigenvalue weighted by atomic mass is 16.3. The van der Waals surface area contributed by atoms with Gasteiger partial charge in [-0.15, -0.1) is 0 Å². The Morgan fingerprint density at radius 3 is 2.64 bits per heavy atom. The van der Waals surface area contributed by atoms with Gasteiger partial charge in [0.25, 0.3) is 0 Å². The molecule has 0 radical (unpaired) electrons. The molecule has 0 saturated carbocycles. The lowest BCUT2D eigenvalue weighted by molar-refractivity contribution is 0.203. The van der Waals surface area contributed by atoms with Crippen LogP contribution < -0.4 is 10.2 Å². The number of aliphatic hydroxyl groups excluding tert-OH is 1. The third kappa shape index (κ3) is 5.28. The van der Waals surface area contributed by atoms with Crippen LogP contribution in [0.3, 0.4) is 0 Å². The summed E-state index contributed by atoms with van der Waals surface area (Å²) in [5.74, 6) is 0.485. The number of piperidine rings is 1. The van der Waals surface area contributed by atoms with E-state index in [4.69, 9.17) is 0 Å². The molecule has 6 nitrogen and oxygen atoms in total. The van der Waals surface area contributed by atoms with Crippen LogP contribution in [0.5, 0.6) is 0 Å². The molecule has 1 aliphatic heterocycles. The smallest absolute Gasteiger partial charge is 0.137 e. The number of benzene rings is 1. The van der Waals surface area contributed by atoms with Crippen LogP contribution in [-0.4, -0.2) is 45.6 Å². The summed E-state index contributed by atoms with van der Waals surface area (Å²) >= 11 is 0. The number of nitrogens with one attached hydrogen (secondary N) is 1. The van der Waals surface area contributed by atoms with Crippen molar-refractivity contribution in [1.29, 1.82) is 0 Å². The van der Waals surface area contributed by atoms with Crippen LogP contribution in [0.4, 0.5) is 5.69 Å². The maximum atomic E-state index is 9.25. The lowest BCUT2D eigenvalue weighted by Crippen LogP contribution is -2.34. The summed E-state index contributed by atoms with van der Waals surface area (Å²) in [7, 11) is 0. The summed E-state index contributed by atoms with van der Waals surface area (Å²) in [5.41, 5.74) is 2.60. The van der Waals surface area contributed by atoms with Crippen molar-refractivity contribution in [1.82, 2.24) is 20.1 Å². The van der Waals surface area contributed by atoms with E-state index in [1.165, 1.54) is 11.3 Å². The Bertz CT molecular complexity index is 605. The highest BCUT2D eigenvalue weighted by molar-refractivity contribution is 5.48. The molecule has 0 bridgehead atoms. The van der Waals surface area contributed by atoms with Crippen molar-refractivity contribution >= 4 is 5.69 Å². The molecule has 1 aromatic carbocycles. The van der Waals surface area contributed by atoms with E-state index in [1.807, 2.05) is 4.68 Å². The van der Waals surface area contributed by atoms with Crippen LogP contribution in [-0.2, 0) is 13.1 Å². The molecule has 0 spiro atoms. The fourth-order valence-corrected chi connectivity index (χ4v) is 3.27. The molecule has 1 fully saturated rings. The number of aromatic nitrogens is 3. The van der Waals surface area contributed by atoms with Gasteiger partial charge < -0.3 is 15.3 Å². The van der Waals surface area contributed by atoms with Crippen LogP contribution in [0.15, 0.2) is 36.9 Å². The van der Waals surface area contributed by atoms with Gasteiger partial charge in [-0.2, -0.15) is 5.10 Å². The second kappa shape index (κ2) is 8.97. The van der Waals surface area contributed by atoms with E-state index in [-0.39, 0.29) is 0 Å². The average Bonchev–Trinajstić information content (AvgIpc) is 3.19. The van der Waals surface area contributed by atoms with Crippen molar-refractivity contribution in [3.63, 3.8) is 0 Å². The van der Waals surface area contributed by atoms with Crippen molar-refractivity contribution < 1.29 is 5.11 Å². The standard InChI is InChI=1S/C19H29N5O/c1-16(6-11-24-15-20-14-22-24)21-12-17-2-4-19(5-3-17)23-9-7-18(13-25)8-10-23/h2-5,14-16,18,21,25H,6-13H2,1H3. The fourth-order valence-electron chi connectivity index (χ4n) is 3.27. The third-order valence-electron chi connectivity index (χ3n) is 5.09. The number of aryl methyl sites for hydroxylation is 1. The van der Waals surface area contributed by atoms with Gasteiger partial charge in [0.1, 0.15) is 12.7 Å². The van der Waals surface area contributed by atoms with E-state index in [2.05, 4.69) is 51.5 Å². The minimum atomic E-state index is 0.327. The number of nitrogens with zero attached hydrogens (tertiary/aromatic N) is 4. The van der Waals surface area contributed by atoms with Gasteiger partial charge >= 0.3 is 0 Å². The van der Waals surface area contributed by atoms with Crippen molar-refractivity contribution in [2.75, 3.05) is 24.6 Å². The normalized spacial score (nSPS) is 17.0. The van der Waals surface area contributed by atoms with E-state index in [1.54, 1.807) is 12.7 Å². The van der Waals surface area contributed by atoms with E-state index in [0.29, 0.717) is 18.6 Å². The largest absolute Gasteiger partial charge is 0.396 e. The van der Waals surface area contributed by atoms with Crippen LogP contribution in [0.1, 0.15) is 31.7 Å². The number of anilines is 1. The zero-order valence-electron chi connectivity index (χ0n) is 15.0. The summed E-state index contributed by atoms with van der Waals surface area (Å²) in [6, 6.07) is 9.29. The summed E-state index contributed by atoms with van der Waals surface area (Å²) in [6.45, 7) is 6.39. The van der Waals surface area contributed by atoms with Crippen molar-refractivity contribution in [3.05, 3.63) is 42.5 Å². The van der Waals surface area contributed by atoms with Gasteiger partial charge in [-0.05, 0) is 49.8 Å². The zero-order chi connectivity index (χ0) is 17.5. The van der Waals surface area contributed by atoms with Crippen LogP contribution in [0.25, 0.3) is 0 Å². The number of rotatable bonds is 8. The molecular formula is C19H29N5O. The Balaban J connectivity index is 1.41. The summed E-state index contributed by atoms with van der Waals surface area (Å²) in [4.78, 5) is 6.39. The molecule has 2 N–H and O–H groups in total. The molecule has 0 amide bonds. The average molecular weight is 343 g/mol. The van der Waals surface area contributed by atoms with Crippen molar-refractivity contribution in [2.24, 2.45) is 5.92 Å². The minimum absolute atomic E-state index is 0.327. The molecule has 2 heterocycles. The Morgan fingerprint density at radius 1 is 1.24 bits per heavy atom. The summed E-state index contributed by atoms with van der Waals surface area (Å²) in [6.07, 6.45) is 6.54. The molecule has 1 saturated heterocycles. The van der Waals surface area contributed by atoms with Crippen molar-refractivity contribution in [3.8, 4) is 0 Å². The predicted molar refractivity (Wildman–Crippen MR) is 99.4 cm³/mol. The molecule has 2 aromatic rings. The van der Waals surface area contributed by atoms with Gasteiger partial charge in [0.2, 0.25) is 0 Å². The van der Waals surface area contributed by atoms with E-state index >= 15 is 0 Å². The number of hydrogen-bond acceptors (Lipinski definition) is 5. The highest BCUT2D eigenvalue weighted by Crippen LogP contribution is 2.23. The zero-order valence-corrected chi connectivity index (χ0v) is 15.0. The molecule has 1 unspecified atom stereocenters. The first kappa shape index (κ1) is 17.9. The van der Waals surface area contributed by atoms with Gasteiger partial charge in [0, 0.05) is 44.5 Å². The summed E-state index contributed by atoms with van der Waals surface area (Å²) in [5, 5.41) is 16.9. The van der Waals surface area contributed by atoms with E-state index < -0.39 is 0 Å². The van der Waals surface area contributed by atoms with Gasteiger partial charge in [-0.3, -0.25) is 4.68 Å². The third-order valence-corrected chi connectivity index (χ3v) is 5.09. The predicted octanol–water partition coefficient (Wildman–Crippen LogP) is 2.06. The van der Waals surface area contributed by atoms with E-state index in [9.17, 15) is 5.11 Å². The molecule has 6 heteroatoms. The Kier molecular flexibility index (Phi) is 6.42. The molecule has 1 aliphatic rings. The SMILES string of the molecule is CC(CCn1cncn1)NCc1ccc(N2CCC(CO)CC2)cc1. The molecule has 25 heavy (non-hydrogen) atoms. The first-order valence-corrected chi connectivity index (χ1v) is 9.25. The quantitative estimate of drug-likeness (QED) is 0.768. The monoisotopic (exact) mass is 343 g/mol. The van der Waals surface area contributed by atoms with Crippen molar-refractivity contribution in [2.45, 2.75) is 45.3 Å². The Labute approximate surface area is 149 Å². The van der Waals surface area contributed by atoms with Gasteiger partial charge in [0.15, 0.2) is 0 Å². The molecule has 1 aromatic heterocycles. The first-order chi connectivity index (χ1) is 12.2. The Morgan fingerprint density at radius 2 is 2.00 bits per heavy atom. The lowest BCUT2D eigenvalue weighted by Gasteiger charge is -2.33. The second-order valence-corrected chi connectivity index (χ2v) is 7.01. The molecular weight excluding hydrogens is 314 g/mol. The number of hydrogen-bond donors (Lipinski definition) is 2. The molecule has 1 atom stereocenters. The van der Waals surface area contributed by atoms with Crippen LogP contribution >= 0.6 is 0 Å². The molecule has 3 rings (SSSR count). The molecule has 0 aliphatic carbocycles. The first-order valence-electron chi connectivity index (χ1n) is 9.25.